The Labute approximate surface area is 103 Å². The summed E-state index contributed by atoms with van der Waals surface area (Å²) in [5.74, 6) is 1.02. The number of hydrogen-bond donors (Lipinski definition) is 1. The molecule has 5 nitrogen and oxygen atoms in total. The van der Waals surface area contributed by atoms with Crippen LogP contribution in [-0.2, 0) is 11.3 Å². The Bertz CT molecular complexity index is 401. The number of rotatable bonds is 3. The second kappa shape index (κ2) is 4.56. The van der Waals surface area contributed by atoms with Gasteiger partial charge < -0.3 is 15.4 Å². The lowest BCUT2D eigenvalue weighted by molar-refractivity contribution is 0.118. The highest BCUT2D eigenvalue weighted by Crippen LogP contribution is 2.30. The van der Waals surface area contributed by atoms with Crippen LogP contribution in [0.1, 0.15) is 26.0 Å². The van der Waals surface area contributed by atoms with E-state index < -0.39 is 0 Å². The van der Waals surface area contributed by atoms with E-state index in [1.165, 1.54) is 0 Å². The van der Waals surface area contributed by atoms with Gasteiger partial charge in [0.05, 0.1) is 23.5 Å². The van der Waals surface area contributed by atoms with Crippen LogP contribution in [-0.4, -0.2) is 35.6 Å². The minimum absolute atomic E-state index is 0.250. The first kappa shape index (κ1) is 12.2. The first-order chi connectivity index (χ1) is 8.06. The fourth-order valence-corrected chi connectivity index (χ4v) is 2.56. The van der Waals surface area contributed by atoms with Gasteiger partial charge in [0.25, 0.3) is 0 Å². The SMILES string of the molecule is CCn1nc(C)c(N)c1N(C)C1CCOC1C. The fraction of sp³-hybridized carbons (Fsp3) is 0.750. The van der Waals surface area contributed by atoms with Gasteiger partial charge in [-0.05, 0) is 27.2 Å². The standard InChI is InChI=1S/C12H22N4O/c1-5-16-12(11(13)8(2)14-16)15(4)10-6-7-17-9(10)3/h9-10H,5-7,13H2,1-4H3. The lowest BCUT2D eigenvalue weighted by atomic mass is 10.1. The van der Waals surface area contributed by atoms with Crippen molar-refractivity contribution in [2.24, 2.45) is 0 Å². The number of hydrogen-bond acceptors (Lipinski definition) is 4. The van der Waals surface area contributed by atoms with Crippen LogP contribution >= 0.6 is 0 Å². The predicted molar refractivity (Wildman–Crippen MR) is 69.3 cm³/mol. The summed E-state index contributed by atoms with van der Waals surface area (Å²) >= 11 is 0. The topological polar surface area (TPSA) is 56.3 Å². The van der Waals surface area contributed by atoms with Crippen LogP contribution in [0, 0.1) is 6.92 Å². The highest BCUT2D eigenvalue weighted by Gasteiger charge is 2.31. The molecule has 1 fully saturated rings. The molecule has 1 aromatic rings. The van der Waals surface area contributed by atoms with Gasteiger partial charge in [0.1, 0.15) is 0 Å². The normalized spacial score (nSPS) is 24.2. The highest BCUT2D eigenvalue weighted by atomic mass is 16.5. The number of ether oxygens (including phenoxy) is 1. The number of likely N-dealkylation sites (N-methyl/N-ethyl adjacent to an activating group) is 1. The van der Waals surface area contributed by atoms with Crippen LogP contribution in [0.25, 0.3) is 0 Å². The van der Waals surface area contributed by atoms with Crippen LogP contribution in [0.5, 0.6) is 0 Å². The molecule has 17 heavy (non-hydrogen) atoms. The van der Waals surface area contributed by atoms with Crippen molar-refractivity contribution in [2.45, 2.75) is 45.9 Å². The van der Waals surface area contributed by atoms with Crippen molar-refractivity contribution >= 4 is 11.5 Å². The average Bonchev–Trinajstić information content (AvgIpc) is 2.84. The molecule has 2 unspecified atom stereocenters. The summed E-state index contributed by atoms with van der Waals surface area (Å²) in [6, 6.07) is 0.388. The Kier molecular flexibility index (Phi) is 3.28. The Morgan fingerprint density at radius 3 is 2.82 bits per heavy atom. The summed E-state index contributed by atoms with van der Waals surface area (Å²) in [5, 5.41) is 4.46. The molecule has 1 aromatic heterocycles. The monoisotopic (exact) mass is 238 g/mol. The molecule has 5 heteroatoms. The van der Waals surface area contributed by atoms with E-state index in [1.54, 1.807) is 0 Å². The van der Waals surface area contributed by atoms with Crippen molar-refractivity contribution in [3.8, 4) is 0 Å². The quantitative estimate of drug-likeness (QED) is 0.865. The molecule has 0 aromatic carbocycles. The summed E-state index contributed by atoms with van der Waals surface area (Å²) in [5.41, 5.74) is 7.82. The maximum atomic E-state index is 6.13. The third kappa shape index (κ3) is 1.99. The molecule has 1 aliphatic heterocycles. The number of aromatic nitrogens is 2. The molecular formula is C12H22N4O. The molecule has 2 N–H and O–H groups in total. The zero-order chi connectivity index (χ0) is 12.6. The molecular weight excluding hydrogens is 216 g/mol. The van der Waals surface area contributed by atoms with Crippen molar-refractivity contribution < 1.29 is 4.74 Å². The number of nitrogens with two attached hydrogens (primary N) is 1. The van der Waals surface area contributed by atoms with Gasteiger partial charge in [-0.2, -0.15) is 5.10 Å². The Morgan fingerprint density at radius 2 is 2.29 bits per heavy atom. The molecule has 0 bridgehead atoms. The summed E-state index contributed by atoms with van der Waals surface area (Å²) in [6.07, 6.45) is 1.30. The third-order valence-corrected chi connectivity index (χ3v) is 3.61. The maximum Gasteiger partial charge on any atom is 0.150 e. The second-order valence-electron chi connectivity index (χ2n) is 4.68. The summed E-state index contributed by atoms with van der Waals surface area (Å²) in [7, 11) is 2.08. The molecule has 0 amide bonds. The predicted octanol–water partition coefficient (Wildman–Crippen LogP) is 1.41. The van der Waals surface area contributed by atoms with Crippen LogP contribution in [0.2, 0.25) is 0 Å². The fourth-order valence-electron chi connectivity index (χ4n) is 2.56. The van der Waals surface area contributed by atoms with Crippen molar-refractivity contribution in [3.63, 3.8) is 0 Å². The number of nitrogen functional groups attached to an aromatic ring is 1. The van der Waals surface area contributed by atoms with Crippen molar-refractivity contribution in [1.29, 1.82) is 0 Å². The maximum absolute atomic E-state index is 6.13. The Balaban J connectivity index is 2.32. The number of nitrogens with zero attached hydrogens (tertiary/aromatic N) is 3. The third-order valence-electron chi connectivity index (χ3n) is 3.61. The summed E-state index contributed by atoms with van der Waals surface area (Å²) in [6.45, 7) is 7.81. The number of anilines is 2. The first-order valence-corrected chi connectivity index (χ1v) is 6.23. The molecule has 2 atom stereocenters. The second-order valence-corrected chi connectivity index (χ2v) is 4.68. The van der Waals surface area contributed by atoms with Gasteiger partial charge in [-0.1, -0.05) is 0 Å². The summed E-state index contributed by atoms with van der Waals surface area (Å²) in [4.78, 5) is 2.22. The first-order valence-electron chi connectivity index (χ1n) is 6.23. The van der Waals surface area contributed by atoms with Crippen LogP contribution in [0.15, 0.2) is 0 Å². The van der Waals surface area contributed by atoms with Crippen LogP contribution in [0.3, 0.4) is 0 Å². The van der Waals surface area contributed by atoms with E-state index in [-0.39, 0.29) is 6.10 Å². The molecule has 2 heterocycles. The van der Waals surface area contributed by atoms with Gasteiger partial charge in [-0.15, -0.1) is 0 Å². The van der Waals surface area contributed by atoms with E-state index in [9.17, 15) is 0 Å². The van der Waals surface area contributed by atoms with E-state index in [1.807, 2.05) is 11.6 Å². The van der Waals surface area contributed by atoms with Crippen LogP contribution in [0.4, 0.5) is 11.5 Å². The van der Waals surface area contributed by atoms with E-state index in [0.717, 1.165) is 36.8 Å². The zero-order valence-electron chi connectivity index (χ0n) is 11.1. The van der Waals surface area contributed by atoms with Crippen LogP contribution < -0.4 is 10.6 Å². The summed E-state index contributed by atoms with van der Waals surface area (Å²) < 4.78 is 7.58. The van der Waals surface area contributed by atoms with Gasteiger partial charge in [-0.25, -0.2) is 4.68 Å². The smallest absolute Gasteiger partial charge is 0.150 e. The molecule has 0 saturated carbocycles. The van der Waals surface area contributed by atoms with Gasteiger partial charge in [0.2, 0.25) is 0 Å². The molecule has 1 aliphatic rings. The Morgan fingerprint density at radius 1 is 1.59 bits per heavy atom. The zero-order valence-corrected chi connectivity index (χ0v) is 11.1. The molecule has 2 rings (SSSR count). The minimum atomic E-state index is 0.250. The minimum Gasteiger partial charge on any atom is -0.394 e. The van der Waals surface area contributed by atoms with Gasteiger partial charge >= 0.3 is 0 Å². The Hall–Kier alpha value is -1.23. The van der Waals surface area contributed by atoms with Crippen molar-refractivity contribution in [1.82, 2.24) is 9.78 Å². The number of aryl methyl sites for hydroxylation is 2. The highest BCUT2D eigenvalue weighted by molar-refractivity contribution is 5.66. The van der Waals surface area contributed by atoms with Gasteiger partial charge in [0, 0.05) is 20.2 Å². The van der Waals surface area contributed by atoms with E-state index in [4.69, 9.17) is 10.5 Å². The van der Waals surface area contributed by atoms with Gasteiger partial charge in [0.15, 0.2) is 5.82 Å². The molecule has 1 saturated heterocycles. The van der Waals surface area contributed by atoms with E-state index >= 15 is 0 Å². The molecule has 96 valence electrons. The van der Waals surface area contributed by atoms with E-state index in [2.05, 4.69) is 30.9 Å². The van der Waals surface area contributed by atoms with E-state index in [0.29, 0.717) is 6.04 Å². The lowest BCUT2D eigenvalue weighted by Gasteiger charge is -2.29. The largest absolute Gasteiger partial charge is 0.394 e. The molecule has 0 radical (unpaired) electrons. The average molecular weight is 238 g/mol. The molecule has 0 aliphatic carbocycles. The van der Waals surface area contributed by atoms with Gasteiger partial charge in [-0.3, -0.25) is 0 Å². The van der Waals surface area contributed by atoms with Crippen molar-refractivity contribution in [3.05, 3.63) is 5.69 Å². The van der Waals surface area contributed by atoms with Crippen molar-refractivity contribution in [2.75, 3.05) is 24.3 Å². The molecule has 0 spiro atoms. The lowest BCUT2D eigenvalue weighted by Crippen LogP contribution is -2.38.